The van der Waals surface area contributed by atoms with E-state index in [1.807, 2.05) is 4.90 Å². The molecule has 1 aromatic carbocycles. The van der Waals surface area contributed by atoms with Gasteiger partial charge in [0.1, 0.15) is 11.2 Å². The van der Waals surface area contributed by atoms with Gasteiger partial charge < -0.3 is 0 Å². The van der Waals surface area contributed by atoms with Crippen LogP contribution in [0.5, 0.6) is 0 Å². The van der Waals surface area contributed by atoms with Gasteiger partial charge in [-0.25, -0.2) is 18.4 Å². The molecular weight excluding hydrogens is 371 g/mol. The molecule has 0 aliphatic carbocycles. The van der Waals surface area contributed by atoms with Crippen LogP contribution in [0.15, 0.2) is 23.2 Å². The molecule has 2 unspecified atom stereocenters. The van der Waals surface area contributed by atoms with E-state index in [2.05, 4.69) is 10.4 Å². The Kier molecular flexibility index (Phi) is 4.97. The molecule has 2 aliphatic rings. The van der Waals surface area contributed by atoms with Gasteiger partial charge in [-0.05, 0) is 58.0 Å². The highest BCUT2D eigenvalue weighted by atomic mass is 35.5. The predicted molar refractivity (Wildman–Crippen MR) is 98.2 cm³/mol. The number of nitrogens with one attached hydrogen (secondary N) is 1. The lowest BCUT2D eigenvalue weighted by Crippen LogP contribution is -2.50. The van der Waals surface area contributed by atoms with E-state index in [0.717, 1.165) is 25.9 Å². The summed E-state index contributed by atoms with van der Waals surface area (Å²) in [5, 5.41) is 1.72. The van der Waals surface area contributed by atoms with E-state index >= 15 is 0 Å². The highest BCUT2D eigenvalue weighted by Gasteiger charge is 2.42. The second-order valence-corrected chi connectivity index (χ2v) is 9.15. The molecule has 1 fully saturated rings. The van der Waals surface area contributed by atoms with Crippen molar-refractivity contribution in [3.05, 3.63) is 28.2 Å². The van der Waals surface area contributed by atoms with E-state index in [9.17, 15) is 8.42 Å². The molecule has 0 radical (unpaired) electrons. The third-order valence-electron chi connectivity index (χ3n) is 4.41. The van der Waals surface area contributed by atoms with Crippen LogP contribution in [0.25, 0.3) is 0 Å². The Hall–Kier alpha value is -1.02. The van der Waals surface area contributed by atoms with Crippen molar-refractivity contribution in [2.75, 3.05) is 18.1 Å². The fraction of sp³-hybridized carbons (Fsp3) is 0.533. The molecule has 0 amide bonds. The highest BCUT2D eigenvalue weighted by Crippen LogP contribution is 2.31. The number of hydrazine groups is 1. The molecule has 132 valence electrons. The summed E-state index contributed by atoms with van der Waals surface area (Å²) in [5.74, 6) is 0.545. The van der Waals surface area contributed by atoms with Gasteiger partial charge in [0.2, 0.25) is 15.3 Å². The van der Waals surface area contributed by atoms with Crippen LogP contribution in [0.1, 0.15) is 26.7 Å². The average molecular weight is 391 g/mol. The maximum atomic E-state index is 13.1. The molecule has 1 aromatic rings. The highest BCUT2D eigenvalue weighted by molar-refractivity contribution is 7.92. The number of nitrogens with zero attached hydrogens (tertiary/aromatic N) is 3. The zero-order valence-electron chi connectivity index (χ0n) is 13.5. The normalized spacial score (nSPS) is 23.2. The van der Waals surface area contributed by atoms with Crippen molar-refractivity contribution in [2.24, 2.45) is 4.99 Å². The smallest absolute Gasteiger partial charge is 0.244 e. The van der Waals surface area contributed by atoms with Gasteiger partial charge in [0, 0.05) is 0 Å². The monoisotopic (exact) mass is 390 g/mol. The van der Waals surface area contributed by atoms with Gasteiger partial charge >= 0.3 is 0 Å². The molecule has 6 nitrogen and oxygen atoms in total. The number of rotatable bonds is 4. The fourth-order valence-corrected chi connectivity index (χ4v) is 5.06. The van der Waals surface area contributed by atoms with E-state index in [0.29, 0.717) is 21.6 Å². The maximum absolute atomic E-state index is 13.1. The number of halogens is 2. The second-order valence-electron chi connectivity index (χ2n) is 6.05. The van der Waals surface area contributed by atoms with Gasteiger partial charge in [-0.3, -0.25) is 10.3 Å². The van der Waals surface area contributed by atoms with E-state index in [1.165, 1.54) is 5.01 Å². The van der Waals surface area contributed by atoms with Gasteiger partial charge in [-0.2, -0.15) is 0 Å². The van der Waals surface area contributed by atoms with Crippen LogP contribution in [-0.2, 0) is 9.84 Å². The quantitative estimate of drug-likeness (QED) is 0.855. The van der Waals surface area contributed by atoms with Crippen molar-refractivity contribution in [1.29, 1.82) is 0 Å². The molecule has 0 saturated carbocycles. The molecule has 1 saturated heterocycles. The fourth-order valence-electron chi connectivity index (χ4n) is 3.02. The third-order valence-corrected chi connectivity index (χ3v) is 7.30. The summed E-state index contributed by atoms with van der Waals surface area (Å²) in [6, 6.07) is 4.99. The van der Waals surface area contributed by atoms with Gasteiger partial charge in [0.25, 0.3) is 0 Å². The molecule has 3 rings (SSSR count). The van der Waals surface area contributed by atoms with Crippen LogP contribution < -0.4 is 10.4 Å². The van der Waals surface area contributed by atoms with Crippen LogP contribution >= 0.6 is 23.2 Å². The van der Waals surface area contributed by atoms with Crippen molar-refractivity contribution in [3.63, 3.8) is 0 Å². The van der Waals surface area contributed by atoms with Gasteiger partial charge in [0.05, 0.1) is 15.7 Å². The minimum atomic E-state index is -3.55. The third kappa shape index (κ3) is 3.22. The van der Waals surface area contributed by atoms with Crippen molar-refractivity contribution in [2.45, 2.75) is 37.6 Å². The molecule has 0 bridgehead atoms. The maximum Gasteiger partial charge on any atom is 0.244 e. The van der Waals surface area contributed by atoms with Crippen molar-refractivity contribution in [3.8, 4) is 0 Å². The molecular formula is C15H20Cl2N4O2S. The lowest BCUT2D eigenvalue weighted by atomic mass is 10.3. The van der Waals surface area contributed by atoms with Crippen molar-refractivity contribution in [1.82, 2.24) is 10.3 Å². The molecule has 9 heteroatoms. The summed E-state index contributed by atoms with van der Waals surface area (Å²) in [6.07, 6.45) is 2.06. The molecule has 0 aromatic heterocycles. The zero-order chi connectivity index (χ0) is 17.5. The summed E-state index contributed by atoms with van der Waals surface area (Å²) >= 11 is 12.0. The standard InChI is InChI=1S/C15H20Cl2N4O2S/c1-10-18-15(24(22,23)11(2)20-7-3-4-8-20)21(19-10)12-5-6-13(16)14(17)9-12/h5-6,9,11,15H,3-4,7-8H2,1-2H3,(H,18,19). The van der Waals surface area contributed by atoms with Crippen molar-refractivity contribution >= 4 is 44.6 Å². The first-order valence-electron chi connectivity index (χ1n) is 7.83. The van der Waals surface area contributed by atoms with Crippen LogP contribution in [0, 0.1) is 0 Å². The number of hydrogen-bond donors (Lipinski definition) is 1. The molecule has 0 spiro atoms. The zero-order valence-corrected chi connectivity index (χ0v) is 15.9. The number of hydrogen-bond acceptors (Lipinski definition) is 6. The minimum Gasteiger partial charge on any atom is -0.287 e. The minimum absolute atomic E-state index is 0.365. The number of aliphatic imine (C=N–C) groups is 1. The second kappa shape index (κ2) is 6.71. The first kappa shape index (κ1) is 17.8. The lowest BCUT2D eigenvalue weighted by molar-refractivity contribution is 0.316. The lowest BCUT2D eigenvalue weighted by Gasteiger charge is -2.30. The predicted octanol–water partition coefficient (Wildman–Crippen LogP) is 2.88. The van der Waals surface area contributed by atoms with Crippen molar-refractivity contribution < 1.29 is 8.42 Å². The molecule has 2 heterocycles. The Morgan fingerprint density at radius 2 is 1.92 bits per heavy atom. The molecule has 2 atom stereocenters. The average Bonchev–Trinajstić information content (AvgIpc) is 3.18. The summed E-state index contributed by atoms with van der Waals surface area (Å²) in [5.41, 5.74) is 2.58. The SMILES string of the molecule is CC1=NC(S(=O)(=O)C(C)N2CCCC2)N(c2ccc(Cl)c(Cl)c2)N1. The Labute approximate surface area is 152 Å². The molecule has 1 N–H and O–H groups in total. The number of sulfone groups is 1. The van der Waals surface area contributed by atoms with Crippen LogP contribution in [0.2, 0.25) is 10.0 Å². The van der Waals surface area contributed by atoms with E-state index < -0.39 is 20.7 Å². The number of amidine groups is 1. The van der Waals surface area contributed by atoms with E-state index in [1.54, 1.807) is 32.0 Å². The molecule has 2 aliphatic heterocycles. The topological polar surface area (TPSA) is 65.0 Å². The van der Waals surface area contributed by atoms with Gasteiger partial charge in [0.15, 0.2) is 0 Å². The number of likely N-dealkylation sites (tertiary alicyclic amines) is 1. The van der Waals surface area contributed by atoms with Crippen LogP contribution in [-0.4, -0.2) is 43.1 Å². The van der Waals surface area contributed by atoms with E-state index in [4.69, 9.17) is 23.2 Å². The Balaban J connectivity index is 1.92. The number of anilines is 1. The molecule has 24 heavy (non-hydrogen) atoms. The van der Waals surface area contributed by atoms with E-state index in [-0.39, 0.29) is 0 Å². The first-order valence-corrected chi connectivity index (χ1v) is 10.2. The summed E-state index contributed by atoms with van der Waals surface area (Å²) in [4.78, 5) is 6.29. The number of benzene rings is 1. The van der Waals surface area contributed by atoms with Crippen LogP contribution in [0.4, 0.5) is 5.69 Å². The van der Waals surface area contributed by atoms with Crippen LogP contribution in [0.3, 0.4) is 0 Å². The summed E-state index contributed by atoms with van der Waals surface area (Å²) in [7, 11) is -3.55. The first-order chi connectivity index (χ1) is 11.3. The van der Waals surface area contributed by atoms with Gasteiger partial charge in [-0.15, -0.1) is 0 Å². The largest absolute Gasteiger partial charge is 0.287 e. The summed E-state index contributed by atoms with van der Waals surface area (Å²) < 4.78 is 26.2. The summed E-state index contributed by atoms with van der Waals surface area (Å²) in [6.45, 7) is 5.07. The Bertz CT molecular complexity index is 763. The Morgan fingerprint density at radius 1 is 1.25 bits per heavy atom. The van der Waals surface area contributed by atoms with Gasteiger partial charge in [-0.1, -0.05) is 23.2 Å². The Morgan fingerprint density at radius 3 is 2.54 bits per heavy atom.